The minimum Gasteiger partial charge on any atom is -0.324 e. The molecule has 0 aliphatic rings. The van der Waals surface area contributed by atoms with Gasteiger partial charge in [-0.15, -0.1) is 0 Å². The third-order valence-electron chi connectivity index (χ3n) is 3.97. The van der Waals surface area contributed by atoms with Gasteiger partial charge in [-0.05, 0) is 54.8 Å². The van der Waals surface area contributed by atoms with E-state index in [0.29, 0.717) is 16.5 Å². The van der Waals surface area contributed by atoms with Crippen LogP contribution in [0.4, 0.5) is 17.3 Å². The Balaban J connectivity index is 1.67. The highest BCUT2D eigenvalue weighted by molar-refractivity contribution is 6.30. The SMILES string of the molecule is CCc1ccc(NC(=O)c2cnc(Nc3ccc(Cl)cc3C)nc2)cc1. The van der Waals surface area contributed by atoms with Crippen LogP contribution >= 0.6 is 11.6 Å². The van der Waals surface area contributed by atoms with Crippen LogP contribution in [0.15, 0.2) is 54.9 Å². The van der Waals surface area contributed by atoms with Gasteiger partial charge in [-0.3, -0.25) is 4.79 Å². The van der Waals surface area contributed by atoms with Gasteiger partial charge in [0.15, 0.2) is 0 Å². The van der Waals surface area contributed by atoms with E-state index in [4.69, 9.17) is 11.6 Å². The fourth-order valence-electron chi connectivity index (χ4n) is 2.42. The number of nitrogens with one attached hydrogen (secondary N) is 2. The summed E-state index contributed by atoms with van der Waals surface area (Å²) < 4.78 is 0. The lowest BCUT2D eigenvalue weighted by molar-refractivity contribution is 0.102. The molecule has 3 aromatic rings. The third kappa shape index (κ3) is 4.37. The van der Waals surface area contributed by atoms with E-state index in [0.717, 1.165) is 23.4 Å². The van der Waals surface area contributed by atoms with E-state index in [1.54, 1.807) is 6.07 Å². The second-order valence-corrected chi connectivity index (χ2v) is 6.32. The van der Waals surface area contributed by atoms with Crippen LogP contribution in [0, 0.1) is 6.92 Å². The lowest BCUT2D eigenvalue weighted by Gasteiger charge is -2.09. The van der Waals surface area contributed by atoms with E-state index in [2.05, 4.69) is 27.5 Å². The average molecular weight is 367 g/mol. The van der Waals surface area contributed by atoms with E-state index in [-0.39, 0.29) is 5.91 Å². The summed E-state index contributed by atoms with van der Waals surface area (Å²) in [5.41, 5.74) is 4.20. The molecule has 6 heteroatoms. The van der Waals surface area contributed by atoms with Gasteiger partial charge in [-0.1, -0.05) is 30.7 Å². The number of nitrogens with zero attached hydrogens (tertiary/aromatic N) is 2. The fourth-order valence-corrected chi connectivity index (χ4v) is 2.65. The Hall–Kier alpha value is -2.92. The van der Waals surface area contributed by atoms with E-state index in [1.807, 2.05) is 43.3 Å². The predicted molar refractivity (Wildman–Crippen MR) is 105 cm³/mol. The molecule has 0 saturated heterocycles. The van der Waals surface area contributed by atoms with Crippen molar-refractivity contribution in [3.8, 4) is 0 Å². The number of hydrogen-bond donors (Lipinski definition) is 2. The van der Waals surface area contributed by atoms with Crippen LogP contribution in [0.2, 0.25) is 5.02 Å². The Morgan fingerprint density at radius 1 is 1.08 bits per heavy atom. The first kappa shape index (κ1) is 17.9. The number of halogens is 1. The predicted octanol–water partition coefficient (Wildman–Crippen LogP) is 5.00. The average Bonchev–Trinajstić information content (AvgIpc) is 2.65. The Kier molecular flexibility index (Phi) is 5.49. The molecular weight excluding hydrogens is 348 g/mol. The van der Waals surface area contributed by atoms with Gasteiger partial charge >= 0.3 is 0 Å². The summed E-state index contributed by atoms with van der Waals surface area (Å²) >= 11 is 5.96. The summed E-state index contributed by atoms with van der Waals surface area (Å²) in [5.74, 6) is 0.169. The van der Waals surface area contributed by atoms with Crippen molar-refractivity contribution >= 4 is 34.8 Å². The molecule has 26 heavy (non-hydrogen) atoms. The Morgan fingerprint density at radius 2 is 1.77 bits per heavy atom. The third-order valence-corrected chi connectivity index (χ3v) is 4.20. The molecule has 5 nitrogen and oxygen atoms in total. The number of aryl methyl sites for hydroxylation is 2. The molecule has 1 aromatic heterocycles. The molecule has 1 heterocycles. The number of anilines is 3. The zero-order valence-corrected chi connectivity index (χ0v) is 15.3. The number of hydrogen-bond acceptors (Lipinski definition) is 4. The quantitative estimate of drug-likeness (QED) is 0.667. The van der Waals surface area contributed by atoms with Crippen LogP contribution in [0.3, 0.4) is 0 Å². The molecule has 0 radical (unpaired) electrons. The summed E-state index contributed by atoms with van der Waals surface area (Å²) in [7, 11) is 0. The molecule has 0 fully saturated rings. The normalized spacial score (nSPS) is 10.4. The summed E-state index contributed by atoms with van der Waals surface area (Å²) in [6.45, 7) is 4.03. The van der Waals surface area contributed by atoms with Gasteiger partial charge in [0.1, 0.15) is 0 Å². The smallest absolute Gasteiger partial charge is 0.258 e. The maximum atomic E-state index is 12.3. The van der Waals surface area contributed by atoms with E-state index in [9.17, 15) is 4.79 Å². The van der Waals surface area contributed by atoms with Crippen LogP contribution in [-0.4, -0.2) is 15.9 Å². The molecule has 1 amide bonds. The molecule has 0 aliphatic carbocycles. The Bertz CT molecular complexity index is 908. The van der Waals surface area contributed by atoms with Crippen molar-refractivity contribution in [2.24, 2.45) is 0 Å². The van der Waals surface area contributed by atoms with E-state index in [1.165, 1.54) is 18.0 Å². The van der Waals surface area contributed by atoms with Crippen molar-refractivity contribution in [2.75, 3.05) is 10.6 Å². The van der Waals surface area contributed by atoms with Gasteiger partial charge < -0.3 is 10.6 Å². The van der Waals surface area contributed by atoms with Gasteiger partial charge in [0, 0.05) is 28.8 Å². The van der Waals surface area contributed by atoms with Gasteiger partial charge in [0.2, 0.25) is 5.95 Å². The van der Waals surface area contributed by atoms with Crippen molar-refractivity contribution in [3.05, 3.63) is 76.6 Å². The molecule has 0 bridgehead atoms. The lowest BCUT2D eigenvalue weighted by Crippen LogP contribution is -2.13. The first-order valence-electron chi connectivity index (χ1n) is 8.30. The molecule has 2 N–H and O–H groups in total. The molecule has 0 atom stereocenters. The van der Waals surface area contributed by atoms with Crippen molar-refractivity contribution in [1.29, 1.82) is 0 Å². The summed E-state index contributed by atoms with van der Waals surface area (Å²) in [6, 6.07) is 13.3. The molecular formula is C20H19ClN4O. The number of rotatable bonds is 5. The van der Waals surface area contributed by atoms with Crippen LogP contribution < -0.4 is 10.6 Å². The molecule has 0 aliphatic heterocycles. The standard InChI is InChI=1S/C20H19ClN4O/c1-3-14-4-7-17(8-5-14)24-19(26)15-11-22-20(23-12-15)25-18-9-6-16(21)10-13(18)2/h4-12H,3H2,1-2H3,(H,24,26)(H,22,23,25). The molecule has 0 unspecified atom stereocenters. The van der Waals surface area contributed by atoms with Gasteiger partial charge in [0.05, 0.1) is 5.56 Å². The maximum absolute atomic E-state index is 12.3. The van der Waals surface area contributed by atoms with Gasteiger partial charge in [-0.2, -0.15) is 0 Å². The zero-order valence-electron chi connectivity index (χ0n) is 14.6. The van der Waals surface area contributed by atoms with Crippen molar-refractivity contribution < 1.29 is 4.79 Å². The second-order valence-electron chi connectivity index (χ2n) is 5.88. The highest BCUT2D eigenvalue weighted by Crippen LogP contribution is 2.22. The molecule has 2 aromatic carbocycles. The fraction of sp³-hybridized carbons (Fsp3) is 0.150. The summed E-state index contributed by atoms with van der Waals surface area (Å²) in [4.78, 5) is 20.7. The number of carbonyl (C=O) groups excluding carboxylic acids is 1. The van der Waals surface area contributed by atoms with Crippen LogP contribution in [0.5, 0.6) is 0 Å². The van der Waals surface area contributed by atoms with Crippen LogP contribution in [0.1, 0.15) is 28.4 Å². The molecule has 132 valence electrons. The van der Waals surface area contributed by atoms with Crippen molar-refractivity contribution in [3.63, 3.8) is 0 Å². The number of amides is 1. The van der Waals surface area contributed by atoms with Crippen molar-refractivity contribution in [2.45, 2.75) is 20.3 Å². The molecule has 0 saturated carbocycles. The second kappa shape index (κ2) is 7.97. The van der Waals surface area contributed by atoms with Crippen molar-refractivity contribution in [1.82, 2.24) is 9.97 Å². The minimum absolute atomic E-state index is 0.247. The maximum Gasteiger partial charge on any atom is 0.258 e. The van der Waals surface area contributed by atoms with E-state index >= 15 is 0 Å². The number of carbonyl (C=O) groups is 1. The number of benzene rings is 2. The van der Waals surface area contributed by atoms with Gasteiger partial charge in [0.25, 0.3) is 5.91 Å². The molecule has 3 rings (SSSR count). The summed E-state index contributed by atoms with van der Waals surface area (Å²) in [6.07, 6.45) is 3.95. The summed E-state index contributed by atoms with van der Waals surface area (Å²) in [5, 5.41) is 6.63. The minimum atomic E-state index is -0.247. The zero-order chi connectivity index (χ0) is 18.5. The van der Waals surface area contributed by atoms with E-state index < -0.39 is 0 Å². The molecule has 0 spiro atoms. The monoisotopic (exact) mass is 366 g/mol. The Morgan fingerprint density at radius 3 is 2.38 bits per heavy atom. The topological polar surface area (TPSA) is 66.9 Å². The highest BCUT2D eigenvalue weighted by Gasteiger charge is 2.08. The van der Waals surface area contributed by atoms with Gasteiger partial charge in [-0.25, -0.2) is 9.97 Å². The van der Waals surface area contributed by atoms with Crippen LogP contribution in [-0.2, 0) is 6.42 Å². The first-order valence-corrected chi connectivity index (χ1v) is 8.68. The lowest BCUT2D eigenvalue weighted by atomic mass is 10.1. The van der Waals surface area contributed by atoms with Crippen LogP contribution in [0.25, 0.3) is 0 Å². The first-order chi connectivity index (χ1) is 12.5. The highest BCUT2D eigenvalue weighted by atomic mass is 35.5. The number of aromatic nitrogens is 2. The Labute approximate surface area is 157 Å². The largest absolute Gasteiger partial charge is 0.324 e.